The molecule has 0 bridgehead atoms. The zero-order chi connectivity index (χ0) is 18.1. The molecule has 1 aromatic carbocycles. The molecule has 0 aliphatic rings. The molecule has 0 amide bonds. The molecule has 0 aliphatic carbocycles. The van der Waals surface area contributed by atoms with Crippen LogP contribution in [0.15, 0.2) is 67.1 Å². The predicted octanol–water partition coefficient (Wildman–Crippen LogP) is 5.50. The molecule has 0 fully saturated rings. The number of fused-ring (bicyclic) bond motifs is 1. The number of pyridine rings is 2. The predicted molar refractivity (Wildman–Crippen MR) is 108 cm³/mol. The van der Waals surface area contributed by atoms with Gasteiger partial charge in [0.1, 0.15) is 5.82 Å². The number of aryl methyl sites for hydroxylation is 1. The number of rotatable bonds is 4. The van der Waals surface area contributed by atoms with Gasteiger partial charge in [-0.15, -0.1) is 0 Å². The summed E-state index contributed by atoms with van der Waals surface area (Å²) < 4.78 is 2.18. The number of anilines is 2. The Morgan fingerprint density at radius 1 is 1.00 bits per heavy atom. The third kappa shape index (κ3) is 3.06. The highest BCUT2D eigenvalue weighted by atomic mass is 15.0. The molecular formula is C22H22N4. The first-order valence-corrected chi connectivity index (χ1v) is 8.84. The van der Waals surface area contributed by atoms with Gasteiger partial charge in [-0.1, -0.05) is 26.0 Å². The first-order valence-electron chi connectivity index (χ1n) is 8.84. The van der Waals surface area contributed by atoms with Gasteiger partial charge in [0.25, 0.3) is 0 Å². The second-order valence-corrected chi connectivity index (χ2v) is 6.86. The molecule has 4 aromatic rings. The molecule has 1 N–H and O–H groups in total. The van der Waals surface area contributed by atoms with Gasteiger partial charge >= 0.3 is 0 Å². The highest BCUT2D eigenvalue weighted by molar-refractivity contribution is 5.88. The summed E-state index contributed by atoms with van der Waals surface area (Å²) in [7, 11) is 2.08. The maximum atomic E-state index is 4.58. The van der Waals surface area contributed by atoms with Crippen molar-refractivity contribution in [2.75, 3.05) is 5.32 Å². The zero-order valence-corrected chi connectivity index (χ0v) is 15.3. The highest BCUT2D eigenvalue weighted by Crippen LogP contribution is 2.28. The fraction of sp³-hybridized carbons (Fsp3) is 0.182. The fourth-order valence-corrected chi connectivity index (χ4v) is 3.21. The van der Waals surface area contributed by atoms with Crippen molar-refractivity contribution in [2.24, 2.45) is 7.05 Å². The topological polar surface area (TPSA) is 42.7 Å². The van der Waals surface area contributed by atoms with Crippen LogP contribution in [0.5, 0.6) is 0 Å². The molecule has 0 aliphatic heterocycles. The van der Waals surface area contributed by atoms with Crippen LogP contribution in [0.3, 0.4) is 0 Å². The number of nitrogens with one attached hydrogen (secondary N) is 1. The van der Waals surface area contributed by atoms with E-state index in [1.54, 1.807) is 6.20 Å². The van der Waals surface area contributed by atoms with Gasteiger partial charge in [-0.3, -0.25) is 4.98 Å². The van der Waals surface area contributed by atoms with Gasteiger partial charge in [0.2, 0.25) is 0 Å². The van der Waals surface area contributed by atoms with Crippen LogP contribution in [0, 0.1) is 0 Å². The van der Waals surface area contributed by atoms with Gasteiger partial charge < -0.3 is 9.88 Å². The van der Waals surface area contributed by atoms with Crippen LogP contribution >= 0.6 is 0 Å². The van der Waals surface area contributed by atoms with Gasteiger partial charge in [0, 0.05) is 48.3 Å². The Bertz CT molecular complexity index is 1050. The average Bonchev–Trinajstić information content (AvgIpc) is 2.99. The van der Waals surface area contributed by atoms with E-state index in [2.05, 4.69) is 83.2 Å². The lowest BCUT2D eigenvalue weighted by Crippen LogP contribution is -1.96. The van der Waals surface area contributed by atoms with Crippen LogP contribution in [0.2, 0.25) is 0 Å². The van der Waals surface area contributed by atoms with Crippen LogP contribution in [-0.2, 0) is 7.05 Å². The summed E-state index contributed by atoms with van der Waals surface area (Å²) >= 11 is 0. The van der Waals surface area contributed by atoms with Gasteiger partial charge in [0.15, 0.2) is 0 Å². The van der Waals surface area contributed by atoms with Gasteiger partial charge in [-0.25, -0.2) is 4.98 Å². The van der Waals surface area contributed by atoms with Crippen molar-refractivity contribution in [2.45, 2.75) is 19.8 Å². The Labute approximate surface area is 153 Å². The molecule has 3 aromatic heterocycles. The molecule has 4 heteroatoms. The van der Waals surface area contributed by atoms with Crippen molar-refractivity contribution in [1.82, 2.24) is 14.5 Å². The van der Waals surface area contributed by atoms with Crippen LogP contribution in [0.4, 0.5) is 11.5 Å². The Balaban J connectivity index is 1.70. The Kier molecular flexibility index (Phi) is 4.17. The smallest absolute Gasteiger partial charge is 0.132 e. The third-order valence-electron chi connectivity index (χ3n) is 4.71. The lowest BCUT2D eigenvalue weighted by Gasteiger charge is -2.10. The van der Waals surface area contributed by atoms with Crippen molar-refractivity contribution in [3.63, 3.8) is 0 Å². The third-order valence-corrected chi connectivity index (χ3v) is 4.71. The SMILES string of the molecule is CC(C)c1cccc(Nc2cc3c(cn2)cc(-c2cccnc2)n3C)c1. The van der Waals surface area contributed by atoms with E-state index in [9.17, 15) is 0 Å². The van der Waals surface area contributed by atoms with Crippen molar-refractivity contribution in [3.8, 4) is 11.3 Å². The summed E-state index contributed by atoms with van der Waals surface area (Å²) in [4.78, 5) is 8.81. The van der Waals surface area contributed by atoms with Crippen LogP contribution < -0.4 is 5.32 Å². The van der Waals surface area contributed by atoms with Crippen molar-refractivity contribution in [1.29, 1.82) is 0 Å². The van der Waals surface area contributed by atoms with E-state index in [4.69, 9.17) is 0 Å². The number of hydrogen-bond acceptors (Lipinski definition) is 3. The Morgan fingerprint density at radius 2 is 1.88 bits per heavy atom. The summed E-state index contributed by atoms with van der Waals surface area (Å²) in [5.41, 5.74) is 5.75. The molecule has 0 unspecified atom stereocenters. The second-order valence-electron chi connectivity index (χ2n) is 6.86. The molecule has 0 saturated carbocycles. The highest BCUT2D eigenvalue weighted by Gasteiger charge is 2.10. The number of aromatic nitrogens is 3. The quantitative estimate of drug-likeness (QED) is 0.532. The fourth-order valence-electron chi connectivity index (χ4n) is 3.21. The summed E-state index contributed by atoms with van der Waals surface area (Å²) in [6.45, 7) is 4.40. The van der Waals surface area contributed by atoms with Gasteiger partial charge in [-0.05, 0) is 41.8 Å². The molecular weight excluding hydrogens is 320 g/mol. The number of nitrogens with zero attached hydrogens (tertiary/aromatic N) is 3. The van der Waals surface area contributed by atoms with E-state index in [1.807, 2.05) is 18.5 Å². The summed E-state index contributed by atoms with van der Waals surface area (Å²) in [5.74, 6) is 1.35. The molecule has 3 heterocycles. The summed E-state index contributed by atoms with van der Waals surface area (Å²) in [5, 5.41) is 4.55. The normalized spacial score (nSPS) is 11.2. The molecule has 4 rings (SSSR count). The minimum absolute atomic E-state index is 0.502. The first-order chi connectivity index (χ1) is 12.6. The van der Waals surface area contributed by atoms with E-state index in [0.717, 1.165) is 33.7 Å². The molecule has 26 heavy (non-hydrogen) atoms. The minimum Gasteiger partial charge on any atom is -0.343 e. The van der Waals surface area contributed by atoms with Crippen LogP contribution in [-0.4, -0.2) is 14.5 Å². The first kappa shape index (κ1) is 16.3. The molecule has 0 spiro atoms. The molecule has 130 valence electrons. The average molecular weight is 342 g/mol. The van der Waals surface area contributed by atoms with Crippen molar-refractivity contribution in [3.05, 3.63) is 72.7 Å². The van der Waals surface area contributed by atoms with Crippen molar-refractivity contribution >= 4 is 22.4 Å². The molecule has 0 atom stereocenters. The second kappa shape index (κ2) is 6.64. The molecule has 0 radical (unpaired) electrons. The van der Waals surface area contributed by atoms with Gasteiger partial charge in [0.05, 0.1) is 11.2 Å². The Morgan fingerprint density at radius 3 is 2.65 bits per heavy atom. The van der Waals surface area contributed by atoms with E-state index in [-0.39, 0.29) is 0 Å². The maximum Gasteiger partial charge on any atom is 0.132 e. The number of benzene rings is 1. The lowest BCUT2D eigenvalue weighted by molar-refractivity contribution is 0.867. The van der Waals surface area contributed by atoms with E-state index in [0.29, 0.717) is 5.92 Å². The lowest BCUT2D eigenvalue weighted by atomic mass is 10.0. The largest absolute Gasteiger partial charge is 0.343 e. The van der Waals surface area contributed by atoms with E-state index in [1.165, 1.54) is 5.56 Å². The minimum atomic E-state index is 0.502. The zero-order valence-electron chi connectivity index (χ0n) is 15.3. The standard InChI is InChI=1S/C22H22N4/c1-15(2)16-6-4-8-19(10-16)25-22-12-21-18(14-24-22)11-20(26(21)3)17-7-5-9-23-13-17/h4-15H,1-3H3,(H,24,25). The summed E-state index contributed by atoms with van der Waals surface area (Å²) in [6.07, 6.45) is 5.60. The molecule has 0 saturated heterocycles. The van der Waals surface area contributed by atoms with Crippen LogP contribution in [0.25, 0.3) is 22.2 Å². The maximum absolute atomic E-state index is 4.58. The van der Waals surface area contributed by atoms with Crippen molar-refractivity contribution < 1.29 is 0 Å². The summed E-state index contributed by atoms with van der Waals surface area (Å²) in [6, 6.07) is 16.8. The number of hydrogen-bond donors (Lipinski definition) is 1. The monoisotopic (exact) mass is 342 g/mol. The van der Waals surface area contributed by atoms with E-state index >= 15 is 0 Å². The van der Waals surface area contributed by atoms with Crippen LogP contribution in [0.1, 0.15) is 25.3 Å². The molecule has 4 nitrogen and oxygen atoms in total. The Hall–Kier alpha value is -3.14. The van der Waals surface area contributed by atoms with E-state index < -0.39 is 0 Å². The van der Waals surface area contributed by atoms with Gasteiger partial charge in [-0.2, -0.15) is 0 Å².